The van der Waals surface area contributed by atoms with E-state index < -0.39 is 0 Å². The molecule has 1 N–H and O–H groups in total. The van der Waals surface area contributed by atoms with Crippen LogP contribution in [0, 0.1) is 5.82 Å². The van der Waals surface area contributed by atoms with E-state index in [1.54, 1.807) is 29.1 Å². The van der Waals surface area contributed by atoms with Crippen molar-refractivity contribution in [1.82, 2.24) is 34.2 Å². The van der Waals surface area contributed by atoms with Gasteiger partial charge in [0.05, 0.1) is 6.61 Å². The lowest BCUT2D eigenvalue weighted by Gasteiger charge is -2.13. The summed E-state index contributed by atoms with van der Waals surface area (Å²) in [5, 5.41) is 16.1. The summed E-state index contributed by atoms with van der Waals surface area (Å²) >= 11 is 6.19. The Kier molecular flexibility index (Phi) is 4.00. The van der Waals surface area contributed by atoms with Crippen molar-refractivity contribution in [2.45, 2.75) is 13.0 Å². The standard InChI is InChI=1S/C20H14ClFN8O/c21-17-4-1-12(18-25-9-27-30(17)18)14-8-24-20(29-10-26-28-19(14)29)23-7-13-11-5-6-31-16(11)3-2-15(13)22/h1-4,8-10H,5-7H2,(H,23,24). The number of pyridine rings is 1. The normalized spacial score (nSPS) is 13.0. The summed E-state index contributed by atoms with van der Waals surface area (Å²) in [5.41, 5.74) is 4.11. The molecule has 0 unspecified atom stereocenters. The first kappa shape index (κ1) is 18.0. The van der Waals surface area contributed by atoms with Gasteiger partial charge in [-0.1, -0.05) is 11.6 Å². The van der Waals surface area contributed by atoms with Crippen LogP contribution in [-0.4, -0.2) is 40.8 Å². The number of ether oxygens (including phenoxy) is 1. The van der Waals surface area contributed by atoms with Gasteiger partial charge in [-0.2, -0.15) is 5.10 Å². The monoisotopic (exact) mass is 436 g/mol. The van der Waals surface area contributed by atoms with Gasteiger partial charge in [-0.05, 0) is 24.3 Å². The third-order valence-corrected chi connectivity index (χ3v) is 5.65. The molecule has 0 bridgehead atoms. The summed E-state index contributed by atoms with van der Waals surface area (Å²) in [4.78, 5) is 8.84. The molecule has 4 aromatic heterocycles. The zero-order valence-electron chi connectivity index (χ0n) is 16.0. The highest BCUT2D eigenvalue weighted by Crippen LogP contribution is 2.32. The van der Waals surface area contributed by atoms with E-state index in [0.29, 0.717) is 41.0 Å². The van der Waals surface area contributed by atoms with Crippen LogP contribution in [0.2, 0.25) is 5.15 Å². The lowest BCUT2D eigenvalue weighted by Crippen LogP contribution is -2.10. The maximum Gasteiger partial charge on any atom is 0.210 e. The van der Waals surface area contributed by atoms with Gasteiger partial charge in [0.25, 0.3) is 0 Å². The van der Waals surface area contributed by atoms with Crippen molar-refractivity contribution in [3.63, 3.8) is 0 Å². The predicted molar refractivity (Wildman–Crippen MR) is 111 cm³/mol. The molecule has 0 aliphatic carbocycles. The third-order valence-electron chi connectivity index (χ3n) is 5.37. The van der Waals surface area contributed by atoms with Crippen LogP contribution in [0.5, 0.6) is 5.75 Å². The quantitative estimate of drug-likeness (QED) is 0.432. The molecule has 1 aromatic carbocycles. The minimum Gasteiger partial charge on any atom is -0.493 e. The zero-order chi connectivity index (χ0) is 20.9. The van der Waals surface area contributed by atoms with Gasteiger partial charge in [0.15, 0.2) is 11.3 Å². The molecule has 0 atom stereocenters. The second kappa shape index (κ2) is 6.88. The Bertz CT molecular complexity index is 1460. The molecule has 0 spiro atoms. The third kappa shape index (κ3) is 2.79. The van der Waals surface area contributed by atoms with Crippen molar-refractivity contribution < 1.29 is 9.13 Å². The maximum atomic E-state index is 14.5. The number of hydrogen-bond donors (Lipinski definition) is 1. The van der Waals surface area contributed by atoms with E-state index in [0.717, 1.165) is 22.4 Å². The summed E-state index contributed by atoms with van der Waals surface area (Å²) < 4.78 is 23.3. The Hall–Kier alpha value is -3.79. The van der Waals surface area contributed by atoms with Crippen LogP contribution >= 0.6 is 11.6 Å². The van der Waals surface area contributed by atoms with Gasteiger partial charge in [-0.15, -0.1) is 10.2 Å². The summed E-state index contributed by atoms with van der Waals surface area (Å²) in [6.07, 6.45) is 5.36. The SMILES string of the molecule is Fc1ccc2c(c1CNc1ncc(-c3ccc(Cl)n4ncnc34)c3nncn13)CCO2. The molecule has 5 heterocycles. The molecule has 154 valence electrons. The molecule has 0 saturated heterocycles. The van der Waals surface area contributed by atoms with Crippen LogP contribution < -0.4 is 10.1 Å². The number of nitrogens with one attached hydrogen (secondary N) is 1. The van der Waals surface area contributed by atoms with Gasteiger partial charge in [0.1, 0.15) is 29.4 Å². The first-order valence-electron chi connectivity index (χ1n) is 9.55. The molecule has 31 heavy (non-hydrogen) atoms. The van der Waals surface area contributed by atoms with Crippen LogP contribution in [0.25, 0.3) is 22.4 Å². The Labute approximate surface area is 179 Å². The topological polar surface area (TPSA) is 94.5 Å². The number of halogens is 2. The van der Waals surface area contributed by atoms with Crippen molar-refractivity contribution in [3.05, 3.63) is 65.2 Å². The van der Waals surface area contributed by atoms with E-state index in [2.05, 4.69) is 30.6 Å². The van der Waals surface area contributed by atoms with Crippen molar-refractivity contribution >= 4 is 28.8 Å². The molecular weight excluding hydrogens is 423 g/mol. The average molecular weight is 437 g/mol. The van der Waals surface area contributed by atoms with Gasteiger partial charge in [-0.3, -0.25) is 4.40 Å². The van der Waals surface area contributed by atoms with Gasteiger partial charge in [-0.25, -0.2) is 18.9 Å². The zero-order valence-corrected chi connectivity index (χ0v) is 16.7. The van der Waals surface area contributed by atoms with Gasteiger partial charge in [0, 0.05) is 41.4 Å². The lowest BCUT2D eigenvalue weighted by molar-refractivity contribution is 0.356. The fourth-order valence-corrected chi connectivity index (χ4v) is 4.09. The molecule has 0 radical (unpaired) electrons. The van der Waals surface area contributed by atoms with Crippen LogP contribution in [-0.2, 0) is 13.0 Å². The predicted octanol–water partition coefficient (Wildman–Crippen LogP) is 3.17. The fraction of sp³-hybridized carbons (Fsp3) is 0.150. The molecule has 1 aliphatic rings. The maximum absolute atomic E-state index is 14.5. The van der Waals surface area contributed by atoms with E-state index in [9.17, 15) is 4.39 Å². The molecule has 11 heteroatoms. The van der Waals surface area contributed by atoms with Gasteiger partial charge < -0.3 is 10.1 Å². The highest BCUT2D eigenvalue weighted by atomic mass is 35.5. The Morgan fingerprint density at radius 3 is 3.00 bits per heavy atom. The second-order valence-electron chi connectivity index (χ2n) is 7.04. The van der Waals surface area contributed by atoms with E-state index >= 15 is 0 Å². The molecule has 6 rings (SSSR count). The van der Waals surface area contributed by atoms with Crippen molar-refractivity contribution in [1.29, 1.82) is 0 Å². The fourth-order valence-electron chi connectivity index (χ4n) is 3.90. The minimum atomic E-state index is -0.274. The second-order valence-corrected chi connectivity index (χ2v) is 7.43. The largest absolute Gasteiger partial charge is 0.493 e. The number of benzene rings is 1. The number of fused-ring (bicyclic) bond motifs is 3. The van der Waals surface area contributed by atoms with Crippen LogP contribution in [0.3, 0.4) is 0 Å². The molecule has 5 aromatic rings. The summed E-state index contributed by atoms with van der Waals surface area (Å²) in [6, 6.07) is 6.67. The summed E-state index contributed by atoms with van der Waals surface area (Å²) in [6.45, 7) is 0.819. The van der Waals surface area contributed by atoms with Crippen LogP contribution in [0.15, 0.2) is 43.1 Å². The molecule has 0 saturated carbocycles. The highest BCUT2D eigenvalue weighted by molar-refractivity contribution is 6.29. The smallest absolute Gasteiger partial charge is 0.210 e. The van der Waals surface area contributed by atoms with Gasteiger partial charge >= 0.3 is 0 Å². The van der Waals surface area contributed by atoms with E-state index in [1.165, 1.54) is 16.9 Å². The Morgan fingerprint density at radius 2 is 2.06 bits per heavy atom. The Balaban J connectivity index is 1.40. The molecular formula is C20H14ClFN8O. The first-order valence-corrected chi connectivity index (χ1v) is 9.93. The van der Waals surface area contributed by atoms with Crippen molar-refractivity contribution in [2.75, 3.05) is 11.9 Å². The summed E-state index contributed by atoms with van der Waals surface area (Å²) in [7, 11) is 0. The number of hydrogen-bond acceptors (Lipinski definition) is 7. The highest BCUT2D eigenvalue weighted by Gasteiger charge is 2.20. The van der Waals surface area contributed by atoms with Crippen molar-refractivity contribution in [3.8, 4) is 16.9 Å². The van der Waals surface area contributed by atoms with E-state index in [4.69, 9.17) is 16.3 Å². The van der Waals surface area contributed by atoms with Crippen LogP contribution in [0.4, 0.5) is 10.3 Å². The van der Waals surface area contributed by atoms with Gasteiger partial charge in [0.2, 0.25) is 5.95 Å². The first-order chi connectivity index (χ1) is 15.2. The minimum absolute atomic E-state index is 0.257. The number of rotatable bonds is 4. The molecule has 0 amide bonds. The number of aromatic nitrogens is 7. The van der Waals surface area contributed by atoms with E-state index in [-0.39, 0.29) is 12.4 Å². The molecule has 1 aliphatic heterocycles. The summed E-state index contributed by atoms with van der Waals surface area (Å²) in [5.74, 6) is 0.950. The number of nitrogens with zero attached hydrogens (tertiary/aromatic N) is 7. The molecule has 0 fully saturated rings. The average Bonchev–Trinajstić information content (AvgIpc) is 3.53. The number of anilines is 1. The van der Waals surface area contributed by atoms with Crippen LogP contribution in [0.1, 0.15) is 11.1 Å². The molecule has 9 nitrogen and oxygen atoms in total. The van der Waals surface area contributed by atoms with Crippen molar-refractivity contribution in [2.24, 2.45) is 0 Å². The Morgan fingerprint density at radius 1 is 1.13 bits per heavy atom. The lowest BCUT2D eigenvalue weighted by atomic mass is 10.0. The van der Waals surface area contributed by atoms with E-state index in [1.807, 2.05) is 6.07 Å².